The van der Waals surface area contributed by atoms with Gasteiger partial charge in [-0.2, -0.15) is 0 Å². The van der Waals surface area contributed by atoms with Crippen molar-refractivity contribution in [1.82, 2.24) is 4.72 Å². The third-order valence-corrected chi connectivity index (χ3v) is 5.83. The van der Waals surface area contributed by atoms with Crippen molar-refractivity contribution in [1.29, 1.82) is 0 Å². The number of hydrogen-bond donors (Lipinski definition) is 1. The van der Waals surface area contributed by atoms with E-state index in [1.54, 1.807) is 18.2 Å². The van der Waals surface area contributed by atoms with Crippen LogP contribution in [0.1, 0.15) is 24.8 Å². The summed E-state index contributed by atoms with van der Waals surface area (Å²) in [6.07, 6.45) is 2.50. The monoisotopic (exact) mass is 329 g/mol. The van der Waals surface area contributed by atoms with E-state index in [0.29, 0.717) is 11.5 Å². The second kappa shape index (κ2) is 6.42. The van der Waals surface area contributed by atoms with Crippen LogP contribution in [0.4, 0.5) is 4.39 Å². The Morgan fingerprint density at radius 3 is 2.77 bits per heavy atom. The molecule has 0 saturated heterocycles. The van der Waals surface area contributed by atoms with Crippen molar-refractivity contribution in [2.75, 3.05) is 19.2 Å². The highest BCUT2D eigenvalue weighted by Gasteiger charge is 2.31. The molecule has 0 aromatic heterocycles. The normalized spacial score (nSPS) is 23.9. The third kappa shape index (κ3) is 3.52. The molecular weight excluding hydrogens is 309 g/mol. The van der Waals surface area contributed by atoms with Crippen LogP contribution in [0.2, 0.25) is 0 Å². The summed E-state index contributed by atoms with van der Waals surface area (Å²) >= 11 is 0. The van der Waals surface area contributed by atoms with Gasteiger partial charge in [-0.1, -0.05) is 12.5 Å². The van der Waals surface area contributed by atoms with Gasteiger partial charge in [-0.3, -0.25) is 4.39 Å². The second-order valence-corrected chi connectivity index (χ2v) is 7.75. The maximum absolute atomic E-state index is 12.9. The van der Waals surface area contributed by atoms with Gasteiger partial charge in [-0.05, 0) is 42.4 Å². The fraction of sp³-hybridized carbons (Fsp3) is 0.600. The van der Waals surface area contributed by atoms with E-state index in [4.69, 9.17) is 9.47 Å². The number of fused-ring (bicyclic) bond motifs is 1. The molecule has 5 nitrogen and oxygen atoms in total. The van der Waals surface area contributed by atoms with Gasteiger partial charge < -0.3 is 9.47 Å². The van der Waals surface area contributed by atoms with Crippen LogP contribution in [0, 0.1) is 11.8 Å². The summed E-state index contributed by atoms with van der Waals surface area (Å²) in [6.45, 7) is -0.0366. The van der Waals surface area contributed by atoms with Gasteiger partial charge in [0.15, 0.2) is 11.5 Å². The summed E-state index contributed by atoms with van der Waals surface area (Å²) in [4.78, 5) is 0. The fourth-order valence-corrected chi connectivity index (χ4v) is 4.63. The molecule has 1 heterocycles. The Morgan fingerprint density at radius 2 is 1.95 bits per heavy atom. The highest BCUT2D eigenvalue weighted by Crippen LogP contribution is 2.34. The van der Waals surface area contributed by atoms with Crippen LogP contribution in [0.5, 0.6) is 11.5 Å². The van der Waals surface area contributed by atoms with E-state index < -0.39 is 16.7 Å². The smallest absolute Gasteiger partial charge is 0.231 e. The Bertz CT molecular complexity index is 634. The van der Waals surface area contributed by atoms with E-state index in [2.05, 4.69) is 4.72 Å². The van der Waals surface area contributed by atoms with Crippen molar-refractivity contribution in [3.63, 3.8) is 0 Å². The van der Waals surface area contributed by atoms with E-state index in [1.165, 1.54) is 0 Å². The lowest BCUT2D eigenvalue weighted by atomic mass is 10.00. The van der Waals surface area contributed by atoms with Gasteiger partial charge in [-0.15, -0.1) is 0 Å². The lowest BCUT2D eigenvalue weighted by molar-refractivity contribution is 0.174. The van der Waals surface area contributed by atoms with Gasteiger partial charge in [0.1, 0.15) is 0 Å². The molecule has 3 rings (SSSR count). The predicted molar refractivity (Wildman–Crippen MR) is 80.0 cm³/mol. The highest BCUT2D eigenvalue weighted by molar-refractivity contribution is 7.89. The summed E-state index contributed by atoms with van der Waals surface area (Å²) in [5.74, 6) is 1.13. The van der Waals surface area contributed by atoms with E-state index in [-0.39, 0.29) is 30.9 Å². The van der Waals surface area contributed by atoms with Gasteiger partial charge in [-0.25, -0.2) is 13.1 Å². The molecule has 2 aliphatic rings. The molecule has 2 atom stereocenters. The Balaban J connectivity index is 1.58. The Labute approximate surface area is 129 Å². The zero-order chi connectivity index (χ0) is 15.6. The van der Waals surface area contributed by atoms with Gasteiger partial charge in [0.25, 0.3) is 0 Å². The first-order chi connectivity index (χ1) is 10.6. The quantitative estimate of drug-likeness (QED) is 0.869. The van der Waals surface area contributed by atoms with Gasteiger partial charge in [0, 0.05) is 6.54 Å². The summed E-state index contributed by atoms with van der Waals surface area (Å²) in [7, 11) is -3.41. The lowest BCUT2D eigenvalue weighted by Gasteiger charge is -2.17. The first-order valence-corrected chi connectivity index (χ1v) is 9.14. The van der Waals surface area contributed by atoms with Crippen LogP contribution >= 0.6 is 0 Å². The number of ether oxygens (including phenoxy) is 2. The molecule has 1 fully saturated rings. The largest absolute Gasteiger partial charge is 0.454 e. The van der Waals surface area contributed by atoms with Crippen molar-refractivity contribution < 1.29 is 22.3 Å². The Morgan fingerprint density at radius 1 is 1.18 bits per heavy atom. The number of nitrogens with one attached hydrogen (secondary N) is 1. The van der Waals surface area contributed by atoms with Crippen LogP contribution in [0.15, 0.2) is 18.2 Å². The predicted octanol–water partition coefficient (Wildman–Crippen LogP) is 2.22. The van der Waals surface area contributed by atoms with E-state index >= 15 is 0 Å². The zero-order valence-corrected chi connectivity index (χ0v) is 13.1. The minimum absolute atomic E-state index is 0.00609. The molecule has 1 aromatic rings. The maximum Gasteiger partial charge on any atom is 0.231 e. The molecule has 122 valence electrons. The van der Waals surface area contributed by atoms with Crippen LogP contribution < -0.4 is 14.2 Å². The molecule has 1 aliphatic heterocycles. The molecule has 0 radical (unpaired) electrons. The van der Waals surface area contributed by atoms with E-state index in [1.807, 2.05) is 0 Å². The molecule has 0 bridgehead atoms. The molecule has 1 saturated carbocycles. The van der Waals surface area contributed by atoms with Crippen molar-refractivity contribution >= 4 is 10.0 Å². The summed E-state index contributed by atoms with van der Waals surface area (Å²) in [6, 6.07) is 5.34. The molecule has 0 amide bonds. The Kier molecular flexibility index (Phi) is 4.54. The van der Waals surface area contributed by atoms with Gasteiger partial charge >= 0.3 is 0 Å². The van der Waals surface area contributed by atoms with E-state index in [0.717, 1.165) is 24.8 Å². The standard InChI is InChI=1S/C15H20FNO4S/c16-7-12-2-1-3-13(12)9-22(18,19)17-8-11-4-5-14-15(6-11)21-10-20-14/h4-6,12-13,17H,1-3,7-10H2/t12-,13-/m0/s1. The summed E-state index contributed by atoms with van der Waals surface area (Å²) < 4.78 is 50.3. The van der Waals surface area contributed by atoms with Crippen LogP contribution in [-0.4, -0.2) is 27.6 Å². The molecule has 1 aromatic carbocycles. The summed E-state index contributed by atoms with van der Waals surface area (Å²) in [5.41, 5.74) is 0.807. The summed E-state index contributed by atoms with van der Waals surface area (Å²) in [5, 5.41) is 0. The first kappa shape index (κ1) is 15.6. The second-order valence-electron chi connectivity index (χ2n) is 5.90. The minimum atomic E-state index is -3.41. The van der Waals surface area contributed by atoms with Crippen molar-refractivity contribution in [2.45, 2.75) is 25.8 Å². The fourth-order valence-electron chi connectivity index (χ4n) is 3.12. The van der Waals surface area contributed by atoms with Gasteiger partial charge in [0.05, 0.1) is 12.4 Å². The number of halogens is 1. The lowest BCUT2D eigenvalue weighted by Crippen LogP contribution is -2.31. The number of rotatable bonds is 6. The van der Waals surface area contributed by atoms with E-state index in [9.17, 15) is 12.8 Å². The van der Waals surface area contributed by atoms with Crippen molar-refractivity contribution in [2.24, 2.45) is 11.8 Å². The van der Waals surface area contributed by atoms with Crippen LogP contribution in [0.3, 0.4) is 0 Å². The topological polar surface area (TPSA) is 64.6 Å². The van der Waals surface area contributed by atoms with Gasteiger partial charge in [0.2, 0.25) is 16.8 Å². The SMILES string of the molecule is O=S(=O)(C[C@@H]1CCC[C@H]1CF)NCc1ccc2c(c1)OCO2. The van der Waals surface area contributed by atoms with Crippen molar-refractivity contribution in [3.8, 4) is 11.5 Å². The third-order valence-electron chi connectivity index (χ3n) is 4.38. The van der Waals surface area contributed by atoms with Crippen LogP contribution in [-0.2, 0) is 16.6 Å². The first-order valence-electron chi connectivity index (χ1n) is 7.49. The van der Waals surface area contributed by atoms with Crippen molar-refractivity contribution in [3.05, 3.63) is 23.8 Å². The zero-order valence-electron chi connectivity index (χ0n) is 12.3. The Hall–Kier alpha value is -1.34. The molecule has 0 spiro atoms. The minimum Gasteiger partial charge on any atom is -0.454 e. The average Bonchev–Trinajstić information content (AvgIpc) is 3.12. The number of sulfonamides is 1. The molecule has 1 aliphatic carbocycles. The number of alkyl halides is 1. The average molecular weight is 329 g/mol. The number of hydrogen-bond acceptors (Lipinski definition) is 4. The van der Waals surface area contributed by atoms with Crippen LogP contribution in [0.25, 0.3) is 0 Å². The number of benzene rings is 1. The molecule has 1 N–H and O–H groups in total. The molecule has 7 heteroatoms. The molecule has 22 heavy (non-hydrogen) atoms. The molecule has 0 unspecified atom stereocenters. The highest BCUT2D eigenvalue weighted by atomic mass is 32.2. The maximum atomic E-state index is 12.9. The molecular formula is C15H20FNO4S.